The monoisotopic (exact) mass is 500 g/mol. The Morgan fingerprint density at radius 3 is 2.58 bits per heavy atom. The Morgan fingerprint density at radius 2 is 1.78 bits per heavy atom. The Hall–Kier alpha value is -3.75. The minimum Gasteiger partial charge on any atom is -0.381 e. The number of nitrogens with zero attached hydrogens (tertiary/aromatic N) is 3. The SMILES string of the molecule is CN(C)S(=O)(=O)c1cc(NCc2cccc3cccnc23)cc(C(=O)N2CCc3ccccc3C2)c1. The summed E-state index contributed by atoms with van der Waals surface area (Å²) < 4.78 is 27.2. The zero-order valence-electron chi connectivity index (χ0n) is 20.3. The summed E-state index contributed by atoms with van der Waals surface area (Å²) in [4.78, 5) is 19.9. The fourth-order valence-electron chi connectivity index (χ4n) is 4.54. The van der Waals surface area contributed by atoms with Gasteiger partial charge in [-0.15, -0.1) is 0 Å². The number of rotatable bonds is 6. The molecule has 0 radical (unpaired) electrons. The summed E-state index contributed by atoms with van der Waals surface area (Å²) in [5.74, 6) is -0.185. The maximum absolute atomic E-state index is 13.5. The molecule has 0 atom stereocenters. The summed E-state index contributed by atoms with van der Waals surface area (Å²) in [6, 6.07) is 22.8. The summed E-state index contributed by atoms with van der Waals surface area (Å²) in [5, 5.41) is 4.35. The van der Waals surface area contributed by atoms with E-state index in [9.17, 15) is 13.2 Å². The topological polar surface area (TPSA) is 82.6 Å². The molecule has 0 saturated carbocycles. The van der Waals surface area contributed by atoms with Crippen LogP contribution in [0, 0.1) is 0 Å². The van der Waals surface area contributed by atoms with Crippen LogP contribution in [0.5, 0.6) is 0 Å². The molecular formula is C28H28N4O3S. The number of carbonyl (C=O) groups excluding carboxylic acids is 1. The van der Waals surface area contributed by atoms with Gasteiger partial charge in [0, 0.05) is 56.6 Å². The van der Waals surface area contributed by atoms with Gasteiger partial charge in [-0.1, -0.05) is 48.5 Å². The van der Waals surface area contributed by atoms with Gasteiger partial charge < -0.3 is 10.2 Å². The molecule has 1 amide bonds. The Morgan fingerprint density at radius 1 is 1.00 bits per heavy atom. The molecule has 3 aromatic carbocycles. The van der Waals surface area contributed by atoms with Crippen molar-refractivity contribution in [3.8, 4) is 0 Å². The fourth-order valence-corrected chi connectivity index (χ4v) is 5.52. The van der Waals surface area contributed by atoms with E-state index in [1.165, 1.54) is 25.7 Å². The third-order valence-electron chi connectivity index (χ3n) is 6.55. The van der Waals surface area contributed by atoms with Crippen molar-refractivity contribution in [3.05, 3.63) is 101 Å². The third kappa shape index (κ3) is 4.69. The second-order valence-corrected chi connectivity index (χ2v) is 11.3. The van der Waals surface area contributed by atoms with Crippen LogP contribution >= 0.6 is 0 Å². The molecule has 1 aliphatic heterocycles. The first-order chi connectivity index (χ1) is 17.3. The number of nitrogens with one attached hydrogen (secondary N) is 1. The summed E-state index contributed by atoms with van der Waals surface area (Å²) in [6.07, 6.45) is 2.53. The van der Waals surface area contributed by atoms with E-state index in [-0.39, 0.29) is 10.8 Å². The molecule has 0 bridgehead atoms. The maximum Gasteiger partial charge on any atom is 0.254 e. The molecule has 0 spiro atoms. The molecule has 0 fully saturated rings. The predicted molar refractivity (Wildman–Crippen MR) is 141 cm³/mol. The van der Waals surface area contributed by atoms with E-state index in [0.29, 0.717) is 30.9 Å². The maximum atomic E-state index is 13.5. The number of para-hydroxylation sites is 1. The first kappa shape index (κ1) is 24.0. The van der Waals surface area contributed by atoms with Crippen molar-refractivity contribution in [1.29, 1.82) is 0 Å². The lowest BCUT2D eigenvalue weighted by atomic mass is 9.99. The Labute approximate surface area is 211 Å². The number of hydrogen-bond acceptors (Lipinski definition) is 5. The highest BCUT2D eigenvalue weighted by atomic mass is 32.2. The van der Waals surface area contributed by atoms with Gasteiger partial charge in [0.15, 0.2) is 0 Å². The van der Waals surface area contributed by atoms with E-state index in [0.717, 1.165) is 32.8 Å². The molecule has 1 aromatic heterocycles. The van der Waals surface area contributed by atoms with Gasteiger partial charge in [-0.25, -0.2) is 12.7 Å². The number of amides is 1. The highest BCUT2D eigenvalue weighted by Gasteiger charge is 2.25. The largest absolute Gasteiger partial charge is 0.381 e. The molecule has 5 rings (SSSR count). The Balaban J connectivity index is 1.47. The standard InChI is InChI=1S/C28H28N4O3S/c1-31(2)36(34,35)26-16-24(28(33)32-14-12-20-7-3-4-8-23(20)19-32)15-25(17-26)30-18-22-10-5-9-21-11-6-13-29-27(21)22/h3-11,13,15-17,30H,12,14,18-19H2,1-2H3. The highest BCUT2D eigenvalue weighted by molar-refractivity contribution is 7.89. The average molecular weight is 501 g/mol. The van der Waals surface area contributed by atoms with Gasteiger partial charge in [-0.05, 0) is 47.4 Å². The van der Waals surface area contributed by atoms with Crippen LogP contribution in [0.4, 0.5) is 5.69 Å². The molecule has 0 aliphatic carbocycles. The smallest absolute Gasteiger partial charge is 0.254 e. The number of benzene rings is 3. The number of carbonyl (C=O) groups is 1. The average Bonchev–Trinajstić information content (AvgIpc) is 2.90. The van der Waals surface area contributed by atoms with Crippen LogP contribution in [0.25, 0.3) is 10.9 Å². The number of hydrogen-bond donors (Lipinski definition) is 1. The molecule has 1 N–H and O–H groups in total. The van der Waals surface area contributed by atoms with Crippen molar-refractivity contribution in [2.24, 2.45) is 0 Å². The van der Waals surface area contributed by atoms with Crippen molar-refractivity contribution < 1.29 is 13.2 Å². The van der Waals surface area contributed by atoms with Crippen molar-refractivity contribution in [2.75, 3.05) is 26.0 Å². The minimum atomic E-state index is -3.74. The summed E-state index contributed by atoms with van der Waals surface area (Å²) in [5.41, 5.74) is 5.14. The fraction of sp³-hybridized carbons (Fsp3) is 0.214. The molecule has 0 saturated heterocycles. The molecule has 7 nitrogen and oxygen atoms in total. The Bertz CT molecular complexity index is 1540. The van der Waals surface area contributed by atoms with Crippen molar-refractivity contribution >= 4 is 32.5 Å². The van der Waals surface area contributed by atoms with Crippen LogP contribution in [-0.2, 0) is 29.5 Å². The molecular weight excluding hydrogens is 472 g/mol. The number of pyridine rings is 1. The third-order valence-corrected chi connectivity index (χ3v) is 8.34. The molecule has 184 valence electrons. The van der Waals surface area contributed by atoms with Gasteiger partial charge >= 0.3 is 0 Å². The van der Waals surface area contributed by atoms with Gasteiger partial charge in [0.2, 0.25) is 10.0 Å². The van der Waals surface area contributed by atoms with E-state index in [1.807, 2.05) is 48.5 Å². The van der Waals surface area contributed by atoms with E-state index in [2.05, 4.69) is 16.4 Å². The molecule has 8 heteroatoms. The first-order valence-corrected chi connectivity index (χ1v) is 13.3. The van der Waals surface area contributed by atoms with Gasteiger partial charge in [-0.3, -0.25) is 9.78 Å². The minimum absolute atomic E-state index is 0.0781. The molecule has 4 aromatic rings. The van der Waals surface area contributed by atoms with Gasteiger partial charge in [0.05, 0.1) is 10.4 Å². The normalized spacial score (nSPS) is 13.6. The second kappa shape index (κ2) is 9.72. The van der Waals surface area contributed by atoms with Gasteiger partial charge in [0.25, 0.3) is 5.91 Å². The zero-order valence-corrected chi connectivity index (χ0v) is 21.1. The van der Waals surface area contributed by atoms with Crippen molar-refractivity contribution in [1.82, 2.24) is 14.2 Å². The van der Waals surface area contributed by atoms with Crippen LogP contribution in [0.1, 0.15) is 27.0 Å². The lowest BCUT2D eigenvalue weighted by Gasteiger charge is -2.29. The summed E-state index contributed by atoms with van der Waals surface area (Å²) in [7, 11) is -0.769. The summed E-state index contributed by atoms with van der Waals surface area (Å²) >= 11 is 0. The van der Waals surface area contributed by atoms with Crippen molar-refractivity contribution in [2.45, 2.75) is 24.4 Å². The van der Waals surface area contributed by atoms with E-state index < -0.39 is 10.0 Å². The Kier molecular flexibility index (Phi) is 6.47. The van der Waals surface area contributed by atoms with Crippen LogP contribution in [0.3, 0.4) is 0 Å². The number of anilines is 1. The lowest BCUT2D eigenvalue weighted by Crippen LogP contribution is -2.36. The number of sulfonamides is 1. The zero-order chi connectivity index (χ0) is 25.3. The van der Waals surface area contributed by atoms with Crippen LogP contribution in [-0.4, -0.2) is 49.2 Å². The quantitative estimate of drug-likeness (QED) is 0.427. The van der Waals surface area contributed by atoms with E-state index in [1.54, 1.807) is 23.2 Å². The second-order valence-electron chi connectivity index (χ2n) is 9.12. The first-order valence-electron chi connectivity index (χ1n) is 11.8. The molecule has 0 unspecified atom stereocenters. The van der Waals surface area contributed by atoms with Gasteiger partial charge in [-0.2, -0.15) is 0 Å². The highest BCUT2D eigenvalue weighted by Crippen LogP contribution is 2.26. The number of aromatic nitrogens is 1. The molecule has 36 heavy (non-hydrogen) atoms. The molecule has 2 heterocycles. The van der Waals surface area contributed by atoms with Crippen molar-refractivity contribution in [3.63, 3.8) is 0 Å². The van der Waals surface area contributed by atoms with E-state index >= 15 is 0 Å². The lowest BCUT2D eigenvalue weighted by molar-refractivity contribution is 0.0734. The number of fused-ring (bicyclic) bond motifs is 2. The molecule has 1 aliphatic rings. The van der Waals surface area contributed by atoms with Crippen LogP contribution in [0.15, 0.2) is 83.9 Å². The summed E-state index contributed by atoms with van der Waals surface area (Å²) in [6.45, 7) is 1.53. The van der Waals surface area contributed by atoms with Crippen LogP contribution in [0.2, 0.25) is 0 Å². The van der Waals surface area contributed by atoms with Crippen LogP contribution < -0.4 is 5.32 Å². The van der Waals surface area contributed by atoms with Gasteiger partial charge in [0.1, 0.15) is 0 Å². The predicted octanol–water partition coefficient (Wildman–Crippen LogP) is 4.30. The van der Waals surface area contributed by atoms with E-state index in [4.69, 9.17) is 0 Å².